The summed E-state index contributed by atoms with van der Waals surface area (Å²) >= 11 is 6.77. The smallest absolute Gasteiger partial charge is 0.351 e. The third kappa shape index (κ3) is 3.63. The number of anilines is 2. The Morgan fingerprint density at radius 3 is 2.57 bits per heavy atom. The topological polar surface area (TPSA) is 59.8 Å². The maximum absolute atomic E-state index is 13.6. The lowest BCUT2D eigenvalue weighted by molar-refractivity contribution is -0.142. The summed E-state index contributed by atoms with van der Waals surface area (Å²) in [6.07, 6.45) is -4.81. The summed E-state index contributed by atoms with van der Waals surface area (Å²) in [6.45, 7) is 1.13. The molecule has 2 heterocycles. The number of aromatic nitrogens is 3. The summed E-state index contributed by atoms with van der Waals surface area (Å²) in [4.78, 5) is 17.3. The number of hydrogen-bond acceptors (Lipinski definition) is 5. The minimum Gasteiger partial charge on any atom is -0.351 e. The maximum Gasteiger partial charge on any atom is 0.435 e. The van der Waals surface area contributed by atoms with Crippen molar-refractivity contribution in [2.45, 2.75) is 13.1 Å². The second-order valence-corrected chi connectivity index (χ2v) is 7.70. The average Bonchev–Trinajstić information content (AvgIpc) is 3.10. The highest BCUT2D eigenvalue weighted by Gasteiger charge is 2.37. The van der Waals surface area contributed by atoms with Crippen molar-refractivity contribution < 1.29 is 17.6 Å². The quantitative estimate of drug-likeness (QED) is 0.403. The lowest BCUT2D eigenvalue weighted by atomic mass is 10.2. The molecule has 2 aromatic heterocycles. The molecule has 1 N–H and O–H groups in total. The van der Waals surface area contributed by atoms with E-state index in [1.54, 1.807) is 24.3 Å². The van der Waals surface area contributed by atoms with Crippen LogP contribution in [-0.2, 0) is 6.18 Å². The van der Waals surface area contributed by atoms with Gasteiger partial charge in [0, 0.05) is 11.3 Å². The van der Waals surface area contributed by atoms with Crippen molar-refractivity contribution in [3.05, 3.63) is 74.9 Å². The van der Waals surface area contributed by atoms with Crippen LogP contribution < -0.4 is 10.9 Å². The fraction of sp³-hybridized carbons (Fsp3) is 0.105. The van der Waals surface area contributed by atoms with Crippen LogP contribution >= 0.6 is 22.9 Å². The molecule has 154 valence electrons. The fourth-order valence-corrected chi connectivity index (χ4v) is 3.92. The molecule has 0 fully saturated rings. The first-order valence-electron chi connectivity index (χ1n) is 8.44. The summed E-state index contributed by atoms with van der Waals surface area (Å²) in [7, 11) is 0. The van der Waals surface area contributed by atoms with Crippen molar-refractivity contribution in [2.24, 2.45) is 0 Å². The summed E-state index contributed by atoms with van der Waals surface area (Å²) in [6, 6.07) is 10.4. The molecule has 4 rings (SSSR count). The highest BCUT2D eigenvalue weighted by molar-refractivity contribution is 7.20. The molecule has 0 amide bonds. The first kappa shape index (κ1) is 20.3. The SMILES string of the molecule is Cc1c(C(F)(F)F)nn(-c2nc3ccccc3s2)c(=O)c1Nc1ccc(F)c(Cl)c1. The van der Waals surface area contributed by atoms with Crippen molar-refractivity contribution >= 4 is 44.5 Å². The first-order chi connectivity index (χ1) is 14.1. The van der Waals surface area contributed by atoms with Crippen LogP contribution in [0.3, 0.4) is 0 Å². The molecule has 0 saturated heterocycles. The zero-order valence-corrected chi connectivity index (χ0v) is 16.7. The van der Waals surface area contributed by atoms with Crippen LogP contribution in [0.5, 0.6) is 0 Å². The fourth-order valence-electron chi connectivity index (χ4n) is 2.82. The predicted octanol–water partition coefficient (Wildman–Crippen LogP) is 5.71. The van der Waals surface area contributed by atoms with Gasteiger partial charge >= 0.3 is 6.18 Å². The van der Waals surface area contributed by atoms with Crippen molar-refractivity contribution in [3.8, 4) is 5.13 Å². The molecule has 30 heavy (non-hydrogen) atoms. The maximum atomic E-state index is 13.6. The van der Waals surface area contributed by atoms with Crippen LogP contribution in [0, 0.1) is 12.7 Å². The lowest BCUT2D eigenvalue weighted by Crippen LogP contribution is -2.29. The van der Waals surface area contributed by atoms with Crippen LogP contribution in [0.2, 0.25) is 5.02 Å². The second kappa shape index (κ2) is 7.37. The molecule has 0 spiro atoms. The highest BCUT2D eigenvalue weighted by Crippen LogP contribution is 2.34. The summed E-state index contributed by atoms with van der Waals surface area (Å²) in [5.41, 5.74) is -2.15. The van der Waals surface area contributed by atoms with Gasteiger partial charge in [-0.3, -0.25) is 4.79 Å². The number of fused-ring (bicyclic) bond motifs is 1. The van der Waals surface area contributed by atoms with Crippen molar-refractivity contribution in [1.29, 1.82) is 0 Å². The Bertz CT molecular complexity index is 1300. The Balaban J connectivity index is 1.93. The van der Waals surface area contributed by atoms with Crippen LogP contribution in [0.1, 0.15) is 11.3 Å². The van der Waals surface area contributed by atoms with Gasteiger partial charge in [0.25, 0.3) is 5.56 Å². The molecule has 4 aromatic rings. The summed E-state index contributed by atoms with van der Waals surface area (Å²) in [5.74, 6) is -0.698. The van der Waals surface area contributed by atoms with Gasteiger partial charge in [0.05, 0.1) is 15.2 Å². The largest absolute Gasteiger partial charge is 0.435 e. The molecule has 0 saturated carbocycles. The van der Waals surface area contributed by atoms with Gasteiger partial charge < -0.3 is 5.32 Å². The van der Waals surface area contributed by atoms with Crippen LogP contribution in [0.25, 0.3) is 15.3 Å². The highest BCUT2D eigenvalue weighted by atomic mass is 35.5. The number of benzene rings is 2. The van der Waals surface area contributed by atoms with Gasteiger partial charge in [0.15, 0.2) is 5.69 Å². The monoisotopic (exact) mass is 454 g/mol. The molecular formula is C19H11ClF4N4OS. The molecule has 5 nitrogen and oxygen atoms in total. The van der Waals surface area contributed by atoms with Crippen LogP contribution in [-0.4, -0.2) is 14.8 Å². The van der Waals surface area contributed by atoms with Gasteiger partial charge in [-0.05, 0) is 37.3 Å². The average molecular weight is 455 g/mol. The van der Waals surface area contributed by atoms with Gasteiger partial charge in [0.1, 0.15) is 11.5 Å². The standard InChI is InChI=1S/C19H11ClF4N4OS/c1-9-15(25-10-6-7-12(21)11(20)8-10)17(29)28(27-16(9)19(22,23)24)18-26-13-4-2-3-5-14(13)30-18/h2-8,25H,1H3. The molecular weight excluding hydrogens is 444 g/mol. The molecule has 0 radical (unpaired) electrons. The Kier molecular flexibility index (Phi) is 4.99. The Hall–Kier alpha value is -2.98. The number of nitrogens with one attached hydrogen (secondary N) is 1. The van der Waals surface area contributed by atoms with Gasteiger partial charge in [-0.1, -0.05) is 35.1 Å². The van der Waals surface area contributed by atoms with Crippen molar-refractivity contribution in [3.63, 3.8) is 0 Å². The van der Waals surface area contributed by atoms with E-state index in [1.165, 1.54) is 12.1 Å². The van der Waals surface area contributed by atoms with Gasteiger partial charge in [0.2, 0.25) is 5.13 Å². The number of nitrogens with zero attached hydrogens (tertiary/aromatic N) is 3. The third-order valence-corrected chi connectivity index (χ3v) is 5.56. The third-order valence-electron chi connectivity index (χ3n) is 4.26. The van der Waals surface area contributed by atoms with E-state index in [2.05, 4.69) is 15.4 Å². The number of rotatable bonds is 3. The van der Waals surface area contributed by atoms with E-state index in [1.807, 2.05) is 0 Å². The van der Waals surface area contributed by atoms with Crippen LogP contribution in [0.15, 0.2) is 47.3 Å². The zero-order chi connectivity index (χ0) is 21.6. The van der Waals surface area contributed by atoms with E-state index in [0.29, 0.717) is 14.9 Å². The van der Waals surface area contributed by atoms with E-state index < -0.39 is 28.8 Å². The number of halogens is 5. The predicted molar refractivity (Wildman–Crippen MR) is 107 cm³/mol. The van der Waals surface area contributed by atoms with Gasteiger partial charge in [-0.25, -0.2) is 9.37 Å². The van der Waals surface area contributed by atoms with Crippen molar-refractivity contribution in [2.75, 3.05) is 5.32 Å². The number of thiazole rings is 1. The molecule has 0 bridgehead atoms. The number of para-hydroxylation sites is 1. The molecule has 0 atom stereocenters. The lowest BCUT2D eigenvalue weighted by Gasteiger charge is -2.16. The molecule has 0 aliphatic heterocycles. The summed E-state index contributed by atoms with van der Waals surface area (Å²) in [5, 5.41) is 5.91. The Morgan fingerprint density at radius 1 is 1.17 bits per heavy atom. The Labute approximate surface area is 175 Å². The van der Waals surface area contributed by atoms with Gasteiger partial charge in [-0.15, -0.1) is 0 Å². The number of alkyl halides is 3. The van der Waals surface area contributed by atoms with E-state index in [4.69, 9.17) is 11.6 Å². The van der Waals surface area contributed by atoms with Crippen LogP contribution in [0.4, 0.5) is 28.9 Å². The second-order valence-electron chi connectivity index (χ2n) is 6.28. The van der Waals surface area contributed by atoms with E-state index in [-0.39, 0.29) is 21.5 Å². The molecule has 0 aliphatic rings. The summed E-state index contributed by atoms with van der Waals surface area (Å²) < 4.78 is 55.6. The molecule has 11 heteroatoms. The van der Waals surface area contributed by atoms with E-state index >= 15 is 0 Å². The number of hydrogen-bond donors (Lipinski definition) is 1. The normalized spacial score (nSPS) is 11.8. The van der Waals surface area contributed by atoms with Gasteiger partial charge in [-0.2, -0.15) is 23.0 Å². The molecule has 0 unspecified atom stereocenters. The van der Waals surface area contributed by atoms with E-state index in [0.717, 1.165) is 24.3 Å². The Morgan fingerprint density at radius 2 is 1.90 bits per heavy atom. The first-order valence-corrected chi connectivity index (χ1v) is 9.64. The minimum absolute atomic E-state index is 0.00751. The zero-order valence-electron chi connectivity index (χ0n) is 15.1. The minimum atomic E-state index is -4.81. The van der Waals surface area contributed by atoms with Crippen molar-refractivity contribution in [1.82, 2.24) is 14.8 Å². The van der Waals surface area contributed by atoms with E-state index in [9.17, 15) is 22.4 Å². The molecule has 0 aliphatic carbocycles. The molecule has 2 aromatic carbocycles.